The molecule has 0 atom stereocenters. The summed E-state index contributed by atoms with van der Waals surface area (Å²) in [5.41, 5.74) is 8.78. The maximum atomic E-state index is 12.9. The highest BCUT2D eigenvalue weighted by Gasteiger charge is 2.20. The number of fused-ring (bicyclic) bond motifs is 1. The molecule has 1 amide bonds. The molecule has 0 radical (unpaired) electrons. The Morgan fingerprint density at radius 2 is 1.83 bits per heavy atom. The zero-order chi connectivity index (χ0) is 21.3. The molecule has 0 aliphatic heterocycles. The molecular formula is C22H20N4O3S. The number of hydrogen-bond donors (Lipinski definition) is 2. The lowest BCUT2D eigenvalue weighted by Crippen LogP contribution is -2.16. The highest BCUT2D eigenvalue weighted by atomic mass is 32.2. The summed E-state index contributed by atoms with van der Waals surface area (Å²) in [5.74, 6) is -0.141. The van der Waals surface area contributed by atoms with Crippen molar-refractivity contribution in [2.75, 3.05) is 11.1 Å². The van der Waals surface area contributed by atoms with Gasteiger partial charge in [0.15, 0.2) is 0 Å². The van der Waals surface area contributed by atoms with Gasteiger partial charge in [0.25, 0.3) is 5.91 Å². The van der Waals surface area contributed by atoms with Gasteiger partial charge in [-0.15, -0.1) is 0 Å². The Labute approximate surface area is 174 Å². The molecule has 0 bridgehead atoms. The number of amides is 1. The maximum absolute atomic E-state index is 12.9. The van der Waals surface area contributed by atoms with Crippen molar-refractivity contribution in [1.29, 1.82) is 0 Å². The Morgan fingerprint density at radius 1 is 1.07 bits per heavy atom. The summed E-state index contributed by atoms with van der Waals surface area (Å²) in [5, 5.41) is 3.20. The van der Waals surface area contributed by atoms with E-state index in [2.05, 4.69) is 10.3 Å². The summed E-state index contributed by atoms with van der Waals surface area (Å²) in [7, 11) is -3.65. The third kappa shape index (κ3) is 3.77. The quantitative estimate of drug-likeness (QED) is 0.480. The molecule has 2 aromatic carbocycles. The van der Waals surface area contributed by atoms with Crippen molar-refractivity contribution in [1.82, 2.24) is 8.96 Å². The first kappa shape index (κ1) is 19.7. The number of hydrogen-bond acceptors (Lipinski definition) is 5. The highest BCUT2D eigenvalue weighted by molar-refractivity contribution is 7.89. The normalized spacial score (nSPS) is 11.5. The molecule has 4 aromatic rings. The van der Waals surface area contributed by atoms with Gasteiger partial charge in [-0.1, -0.05) is 36.4 Å². The molecule has 0 saturated carbocycles. The summed E-state index contributed by atoms with van der Waals surface area (Å²) in [6.07, 6.45) is 3.11. The summed E-state index contributed by atoms with van der Waals surface area (Å²) >= 11 is 0. The molecule has 2 heterocycles. The van der Waals surface area contributed by atoms with Gasteiger partial charge >= 0.3 is 0 Å². The van der Waals surface area contributed by atoms with E-state index < -0.39 is 15.9 Å². The Kier molecular flexibility index (Phi) is 5.01. The molecule has 8 heteroatoms. The van der Waals surface area contributed by atoms with E-state index in [1.165, 1.54) is 16.2 Å². The predicted molar refractivity (Wildman–Crippen MR) is 118 cm³/mol. The monoisotopic (exact) mass is 420 g/mol. The molecule has 0 spiro atoms. The van der Waals surface area contributed by atoms with Gasteiger partial charge < -0.3 is 11.1 Å². The maximum Gasteiger partial charge on any atom is 0.258 e. The molecule has 4 rings (SSSR count). The van der Waals surface area contributed by atoms with E-state index >= 15 is 0 Å². The Balaban J connectivity index is 1.66. The van der Waals surface area contributed by atoms with Crippen LogP contribution in [0.1, 0.15) is 21.5 Å². The van der Waals surface area contributed by atoms with E-state index in [0.717, 1.165) is 5.56 Å². The van der Waals surface area contributed by atoms with Crippen molar-refractivity contribution in [3.8, 4) is 0 Å². The number of aryl methyl sites for hydroxylation is 1. The van der Waals surface area contributed by atoms with E-state index in [1.807, 2.05) is 19.1 Å². The van der Waals surface area contributed by atoms with Gasteiger partial charge in [0.05, 0.1) is 22.5 Å². The van der Waals surface area contributed by atoms with Gasteiger partial charge in [-0.25, -0.2) is 17.4 Å². The molecule has 0 aliphatic rings. The van der Waals surface area contributed by atoms with Crippen LogP contribution in [-0.2, 0) is 15.8 Å². The first-order valence-corrected chi connectivity index (χ1v) is 10.9. The number of aromatic nitrogens is 2. The number of nitrogens with zero attached hydrogens (tertiary/aromatic N) is 2. The SMILES string of the molecule is Cc1ccc(NC(=O)c2ccc3c(ccn3S(=O)(=O)Cc3ccccc3)c2N)nc1. The van der Waals surface area contributed by atoms with Gasteiger partial charge in [-0.05, 0) is 42.3 Å². The minimum atomic E-state index is -3.65. The second-order valence-electron chi connectivity index (χ2n) is 6.99. The fourth-order valence-corrected chi connectivity index (χ4v) is 4.69. The number of nitrogens with one attached hydrogen (secondary N) is 1. The second kappa shape index (κ2) is 7.64. The van der Waals surface area contributed by atoms with Crippen LogP contribution in [0.15, 0.2) is 73.1 Å². The molecule has 152 valence electrons. The Morgan fingerprint density at radius 3 is 2.53 bits per heavy atom. The Bertz CT molecular complexity index is 1330. The molecule has 3 N–H and O–H groups in total. The van der Waals surface area contributed by atoms with Crippen LogP contribution in [0.5, 0.6) is 0 Å². The smallest absolute Gasteiger partial charge is 0.258 e. The van der Waals surface area contributed by atoms with Gasteiger partial charge in [0.1, 0.15) is 5.82 Å². The van der Waals surface area contributed by atoms with Crippen LogP contribution in [-0.4, -0.2) is 23.3 Å². The van der Waals surface area contributed by atoms with Crippen LogP contribution < -0.4 is 11.1 Å². The van der Waals surface area contributed by atoms with Gasteiger partial charge in [-0.2, -0.15) is 0 Å². The molecular weight excluding hydrogens is 400 g/mol. The van der Waals surface area contributed by atoms with Crippen molar-refractivity contribution in [2.45, 2.75) is 12.7 Å². The highest BCUT2D eigenvalue weighted by Crippen LogP contribution is 2.28. The number of nitrogens with two attached hydrogens (primary N) is 1. The van der Waals surface area contributed by atoms with Crippen molar-refractivity contribution in [3.63, 3.8) is 0 Å². The third-order valence-corrected chi connectivity index (χ3v) is 6.38. The Hall–Kier alpha value is -3.65. The minimum absolute atomic E-state index is 0.140. The van der Waals surface area contributed by atoms with E-state index in [-0.39, 0.29) is 17.0 Å². The third-order valence-electron chi connectivity index (χ3n) is 4.77. The lowest BCUT2D eigenvalue weighted by atomic mass is 10.1. The van der Waals surface area contributed by atoms with Crippen LogP contribution >= 0.6 is 0 Å². The number of benzene rings is 2. The predicted octanol–water partition coefficient (Wildman–Crippen LogP) is 3.56. The number of carbonyl (C=O) groups is 1. The number of anilines is 2. The van der Waals surface area contributed by atoms with Crippen LogP contribution in [0.25, 0.3) is 10.9 Å². The van der Waals surface area contributed by atoms with Crippen LogP contribution in [0.3, 0.4) is 0 Å². The summed E-state index contributed by atoms with van der Waals surface area (Å²) < 4.78 is 27.0. The van der Waals surface area contributed by atoms with Crippen molar-refractivity contribution < 1.29 is 13.2 Å². The van der Waals surface area contributed by atoms with E-state index in [1.54, 1.807) is 48.7 Å². The topological polar surface area (TPSA) is 107 Å². The molecule has 0 unspecified atom stereocenters. The zero-order valence-electron chi connectivity index (χ0n) is 16.2. The summed E-state index contributed by atoms with van der Waals surface area (Å²) in [6.45, 7) is 1.90. The first-order valence-electron chi connectivity index (χ1n) is 9.26. The van der Waals surface area contributed by atoms with Crippen LogP contribution in [0, 0.1) is 6.92 Å². The minimum Gasteiger partial charge on any atom is -0.398 e. The van der Waals surface area contributed by atoms with Crippen LogP contribution in [0.4, 0.5) is 11.5 Å². The number of nitrogen functional groups attached to an aromatic ring is 1. The largest absolute Gasteiger partial charge is 0.398 e. The summed E-state index contributed by atoms with van der Waals surface area (Å²) in [4.78, 5) is 16.8. The fourth-order valence-electron chi connectivity index (χ4n) is 3.24. The van der Waals surface area contributed by atoms with Gasteiger partial charge in [0, 0.05) is 17.8 Å². The zero-order valence-corrected chi connectivity index (χ0v) is 17.1. The van der Waals surface area contributed by atoms with E-state index in [9.17, 15) is 13.2 Å². The molecule has 0 fully saturated rings. The first-order chi connectivity index (χ1) is 14.3. The molecule has 30 heavy (non-hydrogen) atoms. The standard InChI is InChI=1S/C22H20N4O3S/c1-15-7-10-20(24-13-15)25-22(27)18-8-9-19-17(21(18)23)11-12-26(19)30(28,29)14-16-5-3-2-4-6-16/h2-13H,14,23H2,1H3,(H,24,25,27). The molecule has 0 aliphatic carbocycles. The van der Waals surface area contributed by atoms with E-state index in [4.69, 9.17) is 5.73 Å². The number of carbonyl (C=O) groups excluding carboxylic acids is 1. The summed E-state index contributed by atoms with van der Waals surface area (Å²) in [6, 6.07) is 17.2. The van der Waals surface area contributed by atoms with Crippen molar-refractivity contribution in [3.05, 3.63) is 89.7 Å². The lowest BCUT2D eigenvalue weighted by molar-refractivity contribution is 0.102. The number of rotatable bonds is 5. The fraction of sp³-hybridized carbons (Fsp3) is 0.0909. The van der Waals surface area contributed by atoms with Crippen molar-refractivity contribution in [2.24, 2.45) is 0 Å². The average molecular weight is 420 g/mol. The molecule has 7 nitrogen and oxygen atoms in total. The molecule has 0 saturated heterocycles. The van der Waals surface area contributed by atoms with Gasteiger partial charge in [0.2, 0.25) is 10.0 Å². The number of pyridine rings is 1. The second-order valence-corrected chi connectivity index (χ2v) is 8.83. The van der Waals surface area contributed by atoms with Crippen molar-refractivity contribution >= 4 is 38.3 Å². The van der Waals surface area contributed by atoms with Gasteiger partial charge in [-0.3, -0.25) is 4.79 Å². The lowest BCUT2D eigenvalue weighted by Gasteiger charge is -2.11. The van der Waals surface area contributed by atoms with E-state index in [0.29, 0.717) is 22.3 Å². The average Bonchev–Trinajstić information content (AvgIpc) is 3.16. The van der Waals surface area contributed by atoms with Crippen LogP contribution in [0.2, 0.25) is 0 Å². The molecule has 2 aromatic heterocycles.